The highest BCUT2D eigenvalue weighted by atomic mass is 16.6. The van der Waals surface area contributed by atoms with Crippen LogP contribution in [0.2, 0.25) is 0 Å². The fraction of sp³-hybridized carbons (Fsp3) is 0.889. The molecule has 0 N–H and O–H groups in total. The fourth-order valence-corrected chi connectivity index (χ4v) is 5.21. The molecule has 4 aliphatic rings. The largest absolute Gasteiger partial charge is 0.463 e. The van der Waals surface area contributed by atoms with Crippen LogP contribution in [0, 0.1) is 11.8 Å². The Morgan fingerprint density at radius 3 is 2.71 bits per heavy atom. The summed E-state index contributed by atoms with van der Waals surface area (Å²) in [4.78, 5) is 27.6. The average Bonchev–Trinajstić information content (AvgIpc) is 3.11. The molecule has 0 aliphatic carbocycles. The molecule has 2 bridgehead atoms. The molecule has 134 valence electrons. The van der Waals surface area contributed by atoms with Crippen LogP contribution in [0.25, 0.3) is 0 Å². The molecule has 0 amide bonds. The SMILES string of the molecule is C[C@@H]1C[C@@]2(C)CC(=O)O[C@@H]3CCN4CC[C@@H](COC(=O)[C@]1(C)O2)[C@H]34. The summed E-state index contributed by atoms with van der Waals surface area (Å²) in [6.07, 6.45) is 2.60. The second-order valence-corrected chi connectivity index (χ2v) is 8.43. The van der Waals surface area contributed by atoms with E-state index in [-0.39, 0.29) is 42.3 Å². The molecular weight excluding hydrogens is 310 g/mol. The monoisotopic (exact) mass is 337 g/mol. The average molecular weight is 337 g/mol. The van der Waals surface area contributed by atoms with Crippen molar-refractivity contribution in [3.05, 3.63) is 0 Å². The second kappa shape index (κ2) is 5.43. The lowest BCUT2D eigenvalue weighted by Gasteiger charge is -2.32. The molecule has 6 nitrogen and oxygen atoms in total. The van der Waals surface area contributed by atoms with Crippen molar-refractivity contribution in [1.29, 1.82) is 0 Å². The summed E-state index contributed by atoms with van der Waals surface area (Å²) < 4.78 is 17.6. The van der Waals surface area contributed by atoms with Crippen molar-refractivity contribution < 1.29 is 23.8 Å². The molecule has 0 aromatic carbocycles. The third kappa shape index (κ3) is 2.46. The van der Waals surface area contributed by atoms with Crippen LogP contribution in [0.5, 0.6) is 0 Å². The predicted octanol–water partition coefficient (Wildman–Crippen LogP) is 1.51. The van der Waals surface area contributed by atoms with Gasteiger partial charge in [0.05, 0.1) is 24.7 Å². The van der Waals surface area contributed by atoms with Crippen molar-refractivity contribution in [2.45, 2.75) is 69.8 Å². The number of cyclic esters (lactones) is 1. The van der Waals surface area contributed by atoms with E-state index in [0.717, 1.165) is 25.9 Å². The van der Waals surface area contributed by atoms with Gasteiger partial charge in [0, 0.05) is 12.5 Å². The van der Waals surface area contributed by atoms with Gasteiger partial charge in [0.25, 0.3) is 0 Å². The maximum Gasteiger partial charge on any atom is 0.338 e. The summed E-state index contributed by atoms with van der Waals surface area (Å²) in [7, 11) is 0. The molecule has 4 fully saturated rings. The van der Waals surface area contributed by atoms with E-state index in [1.54, 1.807) is 6.92 Å². The van der Waals surface area contributed by atoms with E-state index in [4.69, 9.17) is 14.2 Å². The number of ether oxygens (including phenoxy) is 3. The summed E-state index contributed by atoms with van der Waals surface area (Å²) >= 11 is 0. The number of esters is 2. The third-order valence-corrected chi connectivity index (χ3v) is 6.55. The van der Waals surface area contributed by atoms with Crippen molar-refractivity contribution >= 4 is 11.9 Å². The lowest BCUT2D eigenvalue weighted by molar-refractivity contribution is -0.187. The Bertz CT molecular complexity index is 566. The molecule has 4 heterocycles. The summed E-state index contributed by atoms with van der Waals surface area (Å²) in [6.45, 7) is 8.01. The standard InChI is InChI=1S/C18H27NO5/c1-11-8-17(2)9-14(20)23-13-5-7-19-6-4-12(15(13)19)10-22-16(21)18(11,3)24-17/h11-13,15H,4-10H2,1-3H3/t11-,12+,13-,15-,17+,18-/m1/s1. The van der Waals surface area contributed by atoms with Crippen molar-refractivity contribution in [3.8, 4) is 0 Å². The van der Waals surface area contributed by atoms with Crippen molar-refractivity contribution in [2.75, 3.05) is 19.7 Å². The molecule has 0 spiro atoms. The Kier molecular flexibility index (Phi) is 3.69. The molecule has 4 aliphatic heterocycles. The number of carbonyl (C=O) groups excluding carboxylic acids is 2. The lowest BCUT2D eigenvalue weighted by Crippen LogP contribution is -2.46. The smallest absolute Gasteiger partial charge is 0.338 e. The molecule has 0 saturated carbocycles. The van der Waals surface area contributed by atoms with E-state index in [9.17, 15) is 9.59 Å². The molecule has 0 radical (unpaired) electrons. The zero-order valence-electron chi connectivity index (χ0n) is 14.7. The Labute approximate surface area is 142 Å². The zero-order valence-corrected chi connectivity index (χ0v) is 14.7. The van der Waals surface area contributed by atoms with E-state index in [1.807, 2.05) is 13.8 Å². The molecule has 0 aromatic rings. The van der Waals surface area contributed by atoms with E-state index < -0.39 is 11.2 Å². The van der Waals surface area contributed by atoms with Gasteiger partial charge in [-0.15, -0.1) is 0 Å². The molecule has 4 rings (SSSR count). The van der Waals surface area contributed by atoms with Gasteiger partial charge in [-0.2, -0.15) is 0 Å². The molecule has 6 atom stereocenters. The minimum Gasteiger partial charge on any atom is -0.463 e. The maximum absolute atomic E-state index is 12.7. The van der Waals surface area contributed by atoms with Crippen LogP contribution in [-0.2, 0) is 23.8 Å². The van der Waals surface area contributed by atoms with Crippen LogP contribution in [0.15, 0.2) is 0 Å². The Morgan fingerprint density at radius 2 is 1.92 bits per heavy atom. The van der Waals surface area contributed by atoms with Gasteiger partial charge in [-0.3, -0.25) is 9.69 Å². The van der Waals surface area contributed by atoms with E-state index in [0.29, 0.717) is 13.0 Å². The van der Waals surface area contributed by atoms with Gasteiger partial charge in [0.2, 0.25) is 0 Å². The van der Waals surface area contributed by atoms with Crippen LogP contribution in [0.4, 0.5) is 0 Å². The Morgan fingerprint density at radius 1 is 1.17 bits per heavy atom. The van der Waals surface area contributed by atoms with Gasteiger partial charge in [-0.25, -0.2) is 4.79 Å². The summed E-state index contributed by atoms with van der Waals surface area (Å²) in [5, 5.41) is 0. The van der Waals surface area contributed by atoms with E-state index in [2.05, 4.69) is 4.90 Å². The Hall–Kier alpha value is -1.14. The zero-order chi connectivity index (χ0) is 17.1. The minimum absolute atomic E-state index is 0.00290. The van der Waals surface area contributed by atoms with Gasteiger partial charge < -0.3 is 14.2 Å². The minimum atomic E-state index is -0.985. The Balaban J connectivity index is 1.63. The highest BCUT2D eigenvalue weighted by molar-refractivity contribution is 5.80. The molecule has 4 saturated heterocycles. The first kappa shape index (κ1) is 16.3. The molecule has 6 heteroatoms. The highest BCUT2D eigenvalue weighted by Gasteiger charge is 2.56. The number of fused-ring (bicyclic) bond motifs is 2. The van der Waals surface area contributed by atoms with Crippen LogP contribution in [0.3, 0.4) is 0 Å². The van der Waals surface area contributed by atoms with Crippen LogP contribution in [-0.4, -0.2) is 59.9 Å². The second-order valence-electron chi connectivity index (χ2n) is 8.43. The molecule has 0 aromatic heterocycles. The van der Waals surface area contributed by atoms with Gasteiger partial charge in [0.15, 0.2) is 5.60 Å². The number of hydrogen-bond donors (Lipinski definition) is 0. The van der Waals surface area contributed by atoms with E-state index in [1.165, 1.54) is 0 Å². The highest BCUT2D eigenvalue weighted by Crippen LogP contribution is 2.46. The number of carbonyl (C=O) groups is 2. The van der Waals surface area contributed by atoms with Crippen molar-refractivity contribution in [2.24, 2.45) is 11.8 Å². The van der Waals surface area contributed by atoms with Gasteiger partial charge >= 0.3 is 11.9 Å². The summed E-state index contributed by atoms with van der Waals surface area (Å²) in [5.41, 5.74) is -1.65. The lowest BCUT2D eigenvalue weighted by atomic mass is 9.86. The van der Waals surface area contributed by atoms with Gasteiger partial charge in [0.1, 0.15) is 6.10 Å². The molecule has 0 unspecified atom stereocenters. The van der Waals surface area contributed by atoms with Gasteiger partial charge in [-0.1, -0.05) is 6.92 Å². The molecule has 24 heavy (non-hydrogen) atoms. The quantitative estimate of drug-likeness (QED) is 0.625. The number of hydrogen-bond acceptors (Lipinski definition) is 6. The normalized spacial score (nSPS) is 49.1. The fourth-order valence-electron chi connectivity index (χ4n) is 5.21. The molecular formula is C18H27NO5. The van der Waals surface area contributed by atoms with Crippen molar-refractivity contribution in [1.82, 2.24) is 4.90 Å². The van der Waals surface area contributed by atoms with Crippen LogP contribution < -0.4 is 0 Å². The first-order chi connectivity index (χ1) is 11.3. The topological polar surface area (TPSA) is 65.1 Å². The number of rotatable bonds is 0. The van der Waals surface area contributed by atoms with Crippen LogP contribution >= 0.6 is 0 Å². The first-order valence-corrected chi connectivity index (χ1v) is 9.12. The maximum atomic E-state index is 12.7. The van der Waals surface area contributed by atoms with Crippen LogP contribution in [0.1, 0.15) is 46.5 Å². The van der Waals surface area contributed by atoms with E-state index >= 15 is 0 Å². The predicted molar refractivity (Wildman–Crippen MR) is 85.2 cm³/mol. The van der Waals surface area contributed by atoms with Gasteiger partial charge in [-0.05, 0) is 45.6 Å². The van der Waals surface area contributed by atoms with Crippen molar-refractivity contribution in [3.63, 3.8) is 0 Å². The third-order valence-electron chi connectivity index (χ3n) is 6.55. The number of nitrogens with zero attached hydrogens (tertiary/aromatic N) is 1. The summed E-state index contributed by atoms with van der Waals surface area (Å²) in [6, 6.07) is 0.192. The first-order valence-electron chi connectivity index (χ1n) is 9.12. The summed E-state index contributed by atoms with van der Waals surface area (Å²) in [5.74, 6) is -0.260.